The fraction of sp³-hybridized carbons (Fsp3) is 0.267. The highest BCUT2D eigenvalue weighted by Gasteiger charge is 2.14. The predicted molar refractivity (Wildman–Crippen MR) is 74.4 cm³/mol. The van der Waals surface area contributed by atoms with Crippen molar-refractivity contribution < 1.29 is 14.3 Å². The molecule has 0 atom stereocenters. The van der Waals surface area contributed by atoms with Gasteiger partial charge in [0.2, 0.25) is 0 Å². The maximum atomic E-state index is 12.2. The SMILES string of the molecule is O=C(Cc1ccsc1)c1ccc2c(c1)OCCCO2. The second kappa shape index (κ2) is 5.45. The number of thiophene rings is 1. The molecular weight excluding hydrogens is 260 g/mol. The van der Waals surface area contributed by atoms with Crippen LogP contribution in [-0.4, -0.2) is 19.0 Å². The molecule has 98 valence electrons. The van der Waals surface area contributed by atoms with Crippen LogP contribution in [0.1, 0.15) is 22.3 Å². The predicted octanol–water partition coefficient (Wildman–Crippen LogP) is 3.33. The molecule has 0 unspecified atom stereocenters. The molecule has 1 aliphatic rings. The summed E-state index contributed by atoms with van der Waals surface area (Å²) in [6.45, 7) is 1.30. The van der Waals surface area contributed by atoms with Crippen molar-refractivity contribution >= 4 is 17.1 Å². The van der Waals surface area contributed by atoms with Gasteiger partial charge in [-0.15, -0.1) is 0 Å². The van der Waals surface area contributed by atoms with Crippen molar-refractivity contribution in [2.45, 2.75) is 12.8 Å². The molecule has 0 radical (unpaired) electrons. The van der Waals surface area contributed by atoms with E-state index in [0.29, 0.717) is 30.9 Å². The van der Waals surface area contributed by atoms with Gasteiger partial charge < -0.3 is 9.47 Å². The lowest BCUT2D eigenvalue weighted by atomic mass is 10.0. The van der Waals surface area contributed by atoms with Crippen LogP contribution >= 0.6 is 11.3 Å². The van der Waals surface area contributed by atoms with Crippen molar-refractivity contribution in [1.82, 2.24) is 0 Å². The summed E-state index contributed by atoms with van der Waals surface area (Å²) in [6, 6.07) is 7.39. The maximum Gasteiger partial charge on any atom is 0.167 e. The van der Waals surface area contributed by atoms with Gasteiger partial charge in [-0.2, -0.15) is 11.3 Å². The van der Waals surface area contributed by atoms with Crippen molar-refractivity contribution in [3.8, 4) is 11.5 Å². The first-order valence-electron chi connectivity index (χ1n) is 6.27. The Labute approximate surface area is 115 Å². The van der Waals surface area contributed by atoms with Crippen LogP contribution in [0.4, 0.5) is 0 Å². The average Bonchev–Trinajstić information content (AvgIpc) is 2.81. The summed E-state index contributed by atoms with van der Waals surface area (Å²) >= 11 is 1.61. The topological polar surface area (TPSA) is 35.5 Å². The fourth-order valence-corrected chi connectivity index (χ4v) is 2.69. The van der Waals surface area contributed by atoms with Crippen LogP contribution in [0.3, 0.4) is 0 Å². The van der Waals surface area contributed by atoms with E-state index < -0.39 is 0 Å². The average molecular weight is 274 g/mol. The molecule has 0 aliphatic carbocycles. The summed E-state index contributed by atoms with van der Waals surface area (Å²) in [5.74, 6) is 1.51. The molecule has 0 saturated heterocycles. The number of hydrogen-bond acceptors (Lipinski definition) is 4. The summed E-state index contributed by atoms with van der Waals surface area (Å²) in [7, 11) is 0. The summed E-state index contributed by atoms with van der Waals surface area (Å²) in [6.07, 6.45) is 1.30. The molecule has 4 heteroatoms. The molecule has 0 fully saturated rings. The molecule has 3 nitrogen and oxygen atoms in total. The number of rotatable bonds is 3. The van der Waals surface area contributed by atoms with E-state index in [0.717, 1.165) is 17.7 Å². The summed E-state index contributed by atoms with van der Waals surface area (Å²) < 4.78 is 11.2. The van der Waals surface area contributed by atoms with Crippen LogP contribution in [0.5, 0.6) is 11.5 Å². The lowest BCUT2D eigenvalue weighted by molar-refractivity contribution is 0.0992. The Kier molecular flexibility index (Phi) is 3.51. The van der Waals surface area contributed by atoms with E-state index in [4.69, 9.17) is 9.47 Å². The monoisotopic (exact) mass is 274 g/mol. The van der Waals surface area contributed by atoms with E-state index in [1.807, 2.05) is 29.0 Å². The zero-order valence-electron chi connectivity index (χ0n) is 10.4. The normalized spacial score (nSPS) is 13.9. The van der Waals surface area contributed by atoms with Gasteiger partial charge in [0.15, 0.2) is 17.3 Å². The van der Waals surface area contributed by atoms with Gasteiger partial charge in [-0.05, 0) is 40.6 Å². The highest BCUT2D eigenvalue weighted by molar-refractivity contribution is 7.08. The molecule has 0 amide bonds. The molecule has 2 aromatic rings. The van der Waals surface area contributed by atoms with Crippen LogP contribution in [0.15, 0.2) is 35.0 Å². The molecule has 0 bridgehead atoms. The van der Waals surface area contributed by atoms with Crippen LogP contribution < -0.4 is 9.47 Å². The number of fused-ring (bicyclic) bond motifs is 1. The first-order valence-corrected chi connectivity index (χ1v) is 7.21. The molecule has 0 N–H and O–H groups in total. The maximum absolute atomic E-state index is 12.2. The Balaban J connectivity index is 1.81. The Morgan fingerprint density at radius 1 is 1.16 bits per heavy atom. The minimum atomic E-state index is 0.106. The van der Waals surface area contributed by atoms with Crippen molar-refractivity contribution in [2.75, 3.05) is 13.2 Å². The van der Waals surface area contributed by atoms with E-state index in [2.05, 4.69) is 0 Å². The smallest absolute Gasteiger partial charge is 0.167 e. The van der Waals surface area contributed by atoms with Gasteiger partial charge in [0.05, 0.1) is 13.2 Å². The molecule has 3 rings (SSSR count). The lowest BCUT2D eigenvalue weighted by Gasteiger charge is -2.08. The number of ketones is 1. The van der Waals surface area contributed by atoms with Gasteiger partial charge in [-0.3, -0.25) is 4.79 Å². The number of benzene rings is 1. The number of Topliss-reactive ketones (excluding diaryl/α,β-unsaturated/α-hetero) is 1. The van der Waals surface area contributed by atoms with Crippen LogP contribution in [-0.2, 0) is 6.42 Å². The second-order valence-electron chi connectivity index (χ2n) is 4.44. The van der Waals surface area contributed by atoms with Crippen LogP contribution in [0.25, 0.3) is 0 Å². The standard InChI is InChI=1S/C15H14O3S/c16-13(8-11-4-7-19-10-11)12-2-3-14-15(9-12)18-6-1-5-17-14/h2-4,7,9-10H,1,5-6,8H2. The van der Waals surface area contributed by atoms with E-state index in [1.165, 1.54) is 0 Å². The summed E-state index contributed by atoms with van der Waals surface area (Å²) in [5.41, 5.74) is 1.73. The van der Waals surface area contributed by atoms with E-state index in [1.54, 1.807) is 17.4 Å². The number of carbonyl (C=O) groups excluding carboxylic acids is 1. The van der Waals surface area contributed by atoms with Gasteiger partial charge >= 0.3 is 0 Å². The van der Waals surface area contributed by atoms with Gasteiger partial charge in [-0.25, -0.2) is 0 Å². The largest absolute Gasteiger partial charge is 0.490 e. The summed E-state index contributed by atoms with van der Waals surface area (Å²) in [4.78, 5) is 12.2. The highest BCUT2D eigenvalue weighted by Crippen LogP contribution is 2.30. The first-order chi connectivity index (χ1) is 9.33. The van der Waals surface area contributed by atoms with Crippen LogP contribution in [0, 0.1) is 0 Å². The summed E-state index contributed by atoms with van der Waals surface area (Å²) in [5, 5.41) is 3.98. The van der Waals surface area contributed by atoms with E-state index >= 15 is 0 Å². The molecule has 0 saturated carbocycles. The van der Waals surface area contributed by atoms with Crippen LogP contribution in [0.2, 0.25) is 0 Å². The highest BCUT2D eigenvalue weighted by atomic mass is 32.1. The second-order valence-corrected chi connectivity index (χ2v) is 5.22. The third-order valence-corrected chi connectivity index (χ3v) is 3.75. The van der Waals surface area contributed by atoms with Gasteiger partial charge in [0.1, 0.15) is 0 Å². The quantitative estimate of drug-likeness (QED) is 0.805. The Morgan fingerprint density at radius 2 is 2.00 bits per heavy atom. The van der Waals surface area contributed by atoms with E-state index in [-0.39, 0.29) is 5.78 Å². The molecule has 1 aromatic heterocycles. The Morgan fingerprint density at radius 3 is 2.79 bits per heavy atom. The Hall–Kier alpha value is -1.81. The Bertz CT molecular complexity index is 575. The first kappa shape index (κ1) is 12.2. The molecule has 1 aromatic carbocycles. The van der Waals surface area contributed by atoms with Crippen molar-refractivity contribution in [1.29, 1.82) is 0 Å². The van der Waals surface area contributed by atoms with Gasteiger partial charge in [-0.1, -0.05) is 0 Å². The zero-order chi connectivity index (χ0) is 13.1. The number of ether oxygens (including phenoxy) is 2. The molecule has 19 heavy (non-hydrogen) atoms. The third-order valence-electron chi connectivity index (χ3n) is 3.01. The molecule has 1 aliphatic heterocycles. The molecule has 0 spiro atoms. The zero-order valence-corrected chi connectivity index (χ0v) is 11.2. The van der Waals surface area contributed by atoms with Crippen molar-refractivity contribution in [3.05, 3.63) is 46.2 Å². The lowest BCUT2D eigenvalue weighted by Crippen LogP contribution is -2.03. The van der Waals surface area contributed by atoms with E-state index in [9.17, 15) is 4.79 Å². The number of carbonyl (C=O) groups is 1. The number of hydrogen-bond donors (Lipinski definition) is 0. The van der Waals surface area contributed by atoms with Gasteiger partial charge in [0, 0.05) is 18.4 Å². The van der Waals surface area contributed by atoms with Crippen molar-refractivity contribution in [3.63, 3.8) is 0 Å². The fourth-order valence-electron chi connectivity index (χ4n) is 2.02. The minimum absolute atomic E-state index is 0.106. The third kappa shape index (κ3) is 2.79. The minimum Gasteiger partial charge on any atom is -0.490 e. The molecule has 2 heterocycles. The van der Waals surface area contributed by atoms with Crippen molar-refractivity contribution in [2.24, 2.45) is 0 Å². The molecular formula is C15H14O3S. The van der Waals surface area contributed by atoms with Gasteiger partial charge in [0.25, 0.3) is 0 Å².